The maximum atomic E-state index is 13.7. The van der Waals surface area contributed by atoms with E-state index in [1.165, 1.54) is 17.0 Å². The number of halogens is 3. The largest absolute Gasteiger partial charge is 0.380 e. The molecule has 1 heterocycles. The van der Waals surface area contributed by atoms with Gasteiger partial charge in [-0.2, -0.15) is 0 Å². The predicted octanol–water partition coefficient (Wildman–Crippen LogP) is 2.59. The fourth-order valence-electron chi connectivity index (χ4n) is 1.97. The SMILES string of the molecule is CO[C@H]1CCN(C(=O)c2ccc(Br)c(F)c2F)C1. The molecule has 0 unspecified atom stereocenters. The highest BCUT2D eigenvalue weighted by Gasteiger charge is 2.29. The molecule has 1 aliphatic rings. The lowest BCUT2D eigenvalue weighted by Gasteiger charge is -2.16. The quantitative estimate of drug-likeness (QED) is 0.784. The van der Waals surface area contributed by atoms with Crippen molar-refractivity contribution in [3.63, 3.8) is 0 Å². The van der Waals surface area contributed by atoms with Crippen LogP contribution in [-0.4, -0.2) is 37.1 Å². The summed E-state index contributed by atoms with van der Waals surface area (Å²) in [6.45, 7) is 0.904. The Morgan fingerprint density at radius 3 is 2.78 bits per heavy atom. The van der Waals surface area contributed by atoms with Crippen LogP contribution < -0.4 is 0 Å². The van der Waals surface area contributed by atoms with Crippen LogP contribution in [0.25, 0.3) is 0 Å². The maximum absolute atomic E-state index is 13.7. The van der Waals surface area contributed by atoms with E-state index in [4.69, 9.17) is 4.74 Å². The average Bonchev–Trinajstić information content (AvgIpc) is 2.84. The van der Waals surface area contributed by atoms with Gasteiger partial charge in [0.05, 0.1) is 16.1 Å². The number of rotatable bonds is 2. The number of nitrogens with zero attached hydrogens (tertiary/aromatic N) is 1. The van der Waals surface area contributed by atoms with E-state index < -0.39 is 17.5 Å². The van der Waals surface area contributed by atoms with Crippen molar-refractivity contribution in [2.45, 2.75) is 12.5 Å². The van der Waals surface area contributed by atoms with Gasteiger partial charge in [-0.1, -0.05) is 0 Å². The number of hydrogen-bond acceptors (Lipinski definition) is 2. The van der Waals surface area contributed by atoms with Crippen molar-refractivity contribution in [3.05, 3.63) is 33.8 Å². The van der Waals surface area contributed by atoms with E-state index in [9.17, 15) is 13.6 Å². The molecule has 1 aliphatic heterocycles. The van der Waals surface area contributed by atoms with Crippen LogP contribution in [0, 0.1) is 11.6 Å². The summed E-state index contributed by atoms with van der Waals surface area (Å²) in [6, 6.07) is 2.61. The van der Waals surface area contributed by atoms with Crippen molar-refractivity contribution < 1.29 is 18.3 Å². The Kier molecular flexibility index (Phi) is 3.97. The third-order valence-electron chi connectivity index (χ3n) is 3.03. The molecule has 1 atom stereocenters. The maximum Gasteiger partial charge on any atom is 0.257 e. The lowest BCUT2D eigenvalue weighted by atomic mass is 10.2. The summed E-state index contributed by atoms with van der Waals surface area (Å²) in [5, 5.41) is 0. The molecule has 0 aliphatic carbocycles. The standard InChI is InChI=1S/C12H12BrF2NO2/c1-18-7-4-5-16(6-7)12(17)8-2-3-9(13)11(15)10(8)14/h2-3,7H,4-6H2,1H3/t7-/m0/s1. The molecule has 0 N–H and O–H groups in total. The molecule has 1 aromatic rings. The smallest absolute Gasteiger partial charge is 0.257 e. The summed E-state index contributed by atoms with van der Waals surface area (Å²) >= 11 is 2.87. The lowest BCUT2D eigenvalue weighted by molar-refractivity contribution is 0.0719. The van der Waals surface area contributed by atoms with Gasteiger partial charge in [0.1, 0.15) is 0 Å². The second-order valence-corrected chi connectivity index (χ2v) is 4.97. The zero-order valence-corrected chi connectivity index (χ0v) is 11.3. The monoisotopic (exact) mass is 319 g/mol. The van der Waals surface area contributed by atoms with Crippen molar-refractivity contribution >= 4 is 21.8 Å². The Morgan fingerprint density at radius 1 is 1.44 bits per heavy atom. The van der Waals surface area contributed by atoms with Crippen LogP contribution in [0.1, 0.15) is 16.8 Å². The first kappa shape index (κ1) is 13.4. The Morgan fingerprint density at radius 2 is 2.17 bits per heavy atom. The number of ether oxygens (including phenoxy) is 1. The topological polar surface area (TPSA) is 29.5 Å². The molecule has 0 aromatic heterocycles. The summed E-state index contributed by atoms with van der Waals surface area (Å²) < 4.78 is 32.2. The second kappa shape index (κ2) is 5.32. The molecule has 1 fully saturated rings. The van der Waals surface area contributed by atoms with Crippen molar-refractivity contribution in [1.29, 1.82) is 0 Å². The molecule has 1 saturated heterocycles. The molecule has 3 nitrogen and oxygen atoms in total. The van der Waals surface area contributed by atoms with Gasteiger partial charge < -0.3 is 9.64 Å². The van der Waals surface area contributed by atoms with Crippen molar-refractivity contribution in [1.82, 2.24) is 4.90 Å². The zero-order valence-electron chi connectivity index (χ0n) is 9.75. The van der Waals surface area contributed by atoms with Gasteiger partial charge >= 0.3 is 0 Å². The van der Waals surface area contributed by atoms with Gasteiger partial charge in [0.15, 0.2) is 11.6 Å². The zero-order chi connectivity index (χ0) is 13.3. The molecule has 0 bridgehead atoms. The number of carbonyl (C=O) groups excluding carboxylic acids is 1. The molecular formula is C12H12BrF2NO2. The lowest BCUT2D eigenvalue weighted by Crippen LogP contribution is -2.30. The highest BCUT2D eigenvalue weighted by atomic mass is 79.9. The van der Waals surface area contributed by atoms with Crippen LogP contribution in [-0.2, 0) is 4.74 Å². The highest BCUT2D eigenvalue weighted by Crippen LogP contribution is 2.23. The van der Waals surface area contributed by atoms with Gasteiger partial charge in [0, 0.05) is 20.2 Å². The summed E-state index contributed by atoms with van der Waals surface area (Å²) in [4.78, 5) is 13.5. The highest BCUT2D eigenvalue weighted by molar-refractivity contribution is 9.10. The van der Waals surface area contributed by atoms with Gasteiger partial charge in [-0.25, -0.2) is 8.78 Å². The van der Waals surface area contributed by atoms with E-state index in [1.54, 1.807) is 7.11 Å². The minimum absolute atomic E-state index is 0.00717. The number of methoxy groups -OCH3 is 1. The normalized spacial score (nSPS) is 19.3. The molecule has 98 valence electrons. The molecule has 0 saturated carbocycles. The van der Waals surface area contributed by atoms with Gasteiger partial charge in [0.2, 0.25) is 0 Å². The molecule has 6 heteroatoms. The molecule has 18 heavy (non-hydrogen) atoms. The summed E-state index contributed by atoms with van der Waals surface area (Å²) in [5.41, 5.74) is -0.243. The number of hydrogen-bond donors (Lipinski definition) is 0. The van der Waals surface area contributed by atoms with Crippen molar-refractivity contribution in [2.24, 2.45) is 0 Å². The van der Waals surface area contributed by atoms with Gasteiger partial charge in [-0.05, 0) is 34.5 Å². The van der Waals surface area contributed by atoms with Crippen molar-refractivity contribution in [2.75, 3.05) is 20.2 Å². The van der Waals surface area contributed by atoms with Crippen LogP contribution in [0.5, 0.6) is 0 Å². The molecule has 2 rings (SSSR count). The molecule has 0 radical (unpaired) electrons. The van der Waals surface area contributed by atoms with E-state index >= 15 is 0 Å². The fourth-order valence-corrected chi connectivity index (χ4v) is 2.27. The van der Waals surface area contributed by atoms with Crippen LogP contribution in [0.15, 0.2) is 16.6 Å². The van der Waals surface area contributed by atoms with Crippen LogP contribution in [0.3, 0.4) is 0 Å². The Balaban J connectivity index is 2.22. The molecule has 1 aromatic carbocycles. The molecule has 0 spiro atoms. The number of carbonyl (C=O) groups is 1. The van der Waals surface area contributed by atoms with Crippen LogP contribution >= 0.6 is 15.9 Å². The minimum atomic E-state index is -1.12. The number of likely N-dealkylation sites (tertiary alicyclic amines) is 1. The van der Waals surface area contributed by atoms with Crippen molar-refractivity contribution in [3.8, 4) is 0 Å². The van der Waals surface area contributed by atoms with E-state index in [0.717, 1.165) is 0 Å². The Bertz CT molecular complexity index is 481. The van der Waals surface area contributed by atoms with E-state index in [0.29, 0.717) is 19.5 Å². The third-order valence-corrected chi connectivity index (χ3v) is 3.64. The first-order chi connectivity index (χ1) is 8.54. The van der Waals surface area contributed by atoms with E-state index in [2.05, 4.69) is 15.9 Å². The third kappa shape index (κ3) is 2.40. The predicted molar refractivity (Wildman–Crippen MR) is 65.4 cm³/mol. The number of benzene rings is 1. The van der Waals surface area contributed by atoms with Gasteiger partial charge in [-0.15, -0.1) is 0 Å². The Hall–Kier alpha value is -1.01. The fraction of sp³-hybridized carbons (Fsp3) is 0.417. The molecular weight excluding hydrogens is 308 g/mol. The summed E-state index contributed by atoms with van der Waals surface area (Å²) in [6.07, 6.45) is 0.681. The van der Waals surface area contributed by atoms with Crippen LogP contribution in [0.2, 0.25) is 0 Å². The Labute approximate surface area is 112 Å². The first-order valence-corrected chi connectivity index (χ1v) is 6.29. The van der Waals surface area contributed by atoms with Gasteiger partial charge in [0.25, 0.3) is 5.91 Å². The second-order valence-electron chi connectivity index (χ2n) is 4.12. The van der Waals surface area contributed by atoms with Gasteiger partial charge in [-0.3, -0.25) is 4.79 Å². The first-order valence-electron chi connectivity index (χ1n) is 5.50. The number of amides is 1. The molecule has 1 amide bonds. The average molecular weight is 320 g/mol. The van der Waals surface area contributed by atoms with Crippen LogP contribution in [0.4, 0.5) is 8.78 Å². The summed E-state index contributed by atoms with van der Waals surface area (Å²) in [5.74, 6) is -2.66. The van der Waals surface area contributed by atoms with E-state index in [-0.39, 0.29) is 16.1 Å². The summed E-state index contributed by atoms with van der Waals surface area (Å²) in [7, 11) is 1.57. The van der Waals surface area contributed by atoms with E-state index in [1.807, 2.05) is 0 Å². The minimum Gasteiger partial charge on any atom is -0.380 e.